The number of amides is 1. The van der Waals surface area contributed by atoms with Crippen LogP contribution < -0.4 is 10.6 Å². The molecule has 0 atom stereocenters. The third-order valence-electron chi connectivity index (χ3n) is 3.51. The van der Waals surface area contributed by atoms with Gasteiger partial charge < -0.3 is 15.4 Å². The van der Waals surface area contributed by atoms with Gasteiger partial charge in [-0.3, -0.25) is 4.79 Å². The fraction of sp³-hybridized carbons (Fsp3) is 0.176. The molecule has 0 radical (unpaired) electrons. The fourth-order valence-corrected chi connectivity index (χ4v) is 2.68. The van der Waals surface area contributed by atoms with Crippen LogP contribution in [0.25, 0.3) is 0 Å². The van der Waals surface area contributed by atoms with Gasteiger partial charge in [0, 0.05) is 17.8 Å². The fourth-order valence-electron chi connectivity index (χ4n) is 2.48. The summed E-state index contributed by atoms with van der Waals surface area (Å²) in [6.45, 7) is 0.476. The van der Waals surface area contributed by atoms with Crippen molar-refractivity contribution in [1.29, 1.82) is 0 Å². The van der Waals surface area contributed by atoms with Gasteiger partial charge >= 0.3 is 0 Å². The van der Waals surface area contributed by atoms with Crippen LogP contribution in [-0.2, 0) is 22.4 Å². The van der Waals surface area contributed by atoms with Crippen molar-refractivity contribution in [3.8, 4) is 0 Å². The second-order valence-corrected chi connectivity index (χ2v) is 5.42. The molecule has 2 aromatic carbocycles. The van der Waals surface area contributed by atoms with Crippen molar-refractivity contribution in [1.82, 2.24) is 0 Å². The predicted molar refractivity (Wildman–Crippen MR) is 91.1 cm³/mol. The largest absolute Gasteiger partial charge is 0.470 e. The van der Waals surface area contributed by atoms with Gasteiger partial charge in [-0.2, -0.15) is 0 Å². The van der Waals surface area contributed by atoms with E-state index < -0.39 is 0 Å². The number of hydrogen-bond donors (Lipinski definition) is 2. The number of carbonyl (C=O) groups excluding carboxylic acids is 1. The number of nitrogens with one attached hydrogen (secondary N) is 2. The summed E-state index contributed by atoms with van der Waals surface area (Å²) in [6, 6.07) is 15.6. The maximum Gasteiger partial charge on any atom is 0.261 e. The summed E-state index contributed by atoms with van der Waals surface area (Å²) in [5, 5.41) is 6.24. The molecule has 0 saturated heterocycles. The summed E-state index contributed by atoms with van der Waals surface area (Å²) in [5.41, 5.74) is 4.01. The van der Waals surface area contributed by atoms with Crippen LogP contribution in [0.1, 0.15) is 11.1 Å². The molecule has 0 fully saturated rings. The maximum absolute atomic E-state index is 11.5. The summed E-state index contributed by atoms with van der Waals surface area (Å²) in [6.07, 6.45) is 1.16. The van der Waals surface area contributed by atoms with Crippen molar-refractivity contribution in [3.05, 3.63) is 59.7 Å². The van der Waals surface area contributed by atoms with Crippen molar-refractivity contribution in [3.63, 3.8) is 0 Å². The minimum atomic E-state index is 0.0460. The number of ether oxygens (including phenoxy) is 1. The van der Waals surface area contributed by atoms with Crippen molar-refractivity contribution < 1.29 is 9.53 Å². The highest BCUT2D eigenvalue weighted by Crippen LogP contribution is 2.26. The predicted octanol–water partition coefficient (Wildman–Crippen LogP) is 3.14. The molecule has 1 aliphatic rings. The van der Waals surface area contributed by atoms with Gasteiger partial charge in [-0.05, 0) is 41.5 Å². The van der Waals surface area contributed by atoms with Crippen LogP contribution in [0.2, 0.25) is 0 Å². The van der Waals surface area contributed by atoms with Crippen molar-refractivity contribution in [2.45, 2.75) is 12.8 Å². The molecule has 2 aromatic rings. The minimum Gasteiger partial charge on any atom is -0.470 e. The highest BCUT2D eigenvalue weighted by molar-refractivity contribution is 7.80. The maximum atomic E-state index is 11.5. The first-order chi connectivity index (χ1) is 10.7. The van der Waals surface area contributed by atoms with Gasteiger partial charge in [0.15, 0.2) is 0 Å². The Bertz CT molecular complexity index is 701. The number of hydrogen-bond acceptors (Lipinski definition) is 3. The zero-order chi connectivity index (χ0) is 15.4. The lowest BCUT2D eigenvalue weighted by Gasteiger charge is -2.11. The van der Waals surface area contributed by atoms with E-state index in [9.17, 15) is 4.79 Å². The topological polar surface area (TPSA) is 50.4 Å². The lowest BCUT2D eigenvalue weighted by atomic mass is 10.0. The van der Waals surface area contributed by atoms with Crippen LogP contribution in [0.5, 0.6) is 0 Å². The summed E-state index contributed by atoms with van der Waals surface area (Å²) in [7, 11) is 0. The Balaban J connectivity index is 1.53. The molecule has 1 amide bonds. The van der Waals surface area contributed by atoms with Gasteiger partial charge in [-0.1, -0.05) is 30.3 Å². The molecular weight excluding hydrogens is 296 g/mol. The number of fused-ring (bicyclic) bond motifs is 1. The number of anilines is 2. The molecule has 1 aliphatic heterocycles. The van der Waals surface area contributed by atoms with Crippen molar-refractivity contribution in [2.75, 3.05) is 17.2 Å². The highest BCUT2D eigenvalue weighted by Gasteiger charge is 2.20. The first-order valence-corrected chi connectivity index (χ1v) is 7.52. The standard InChI is InChI=1S/C17H16N2O2S/c20-16-11-14-12(5-4-8-15(14)19-16)9-10-21-17(22)18-13-6-2-1-3-7-13/h1-8H,9-11H2,(H,18,22)(H,19,20). The number of carbonyl (C=O) groups is 1. The van der Waals surface area contributed by atoms with E-state index in [0.717, 1.165) is 28.9 Å². The van der Waals surface area contributed by atoms with Crippen LogP contribution in [0.3, 0.4) is 0 Å². The lowest BCUT2D eigenvalue weighted by Crippen LogP contribution is -2.15. The van der Waals surface area contributed by atoms with Crippen molar-refractivity contribution in [2.24, 2.45) is 0 Å². The Hall–Kier alpha value is -2.40. The van der Waals surface area contributed by atoms with Gasteiger partial charge in [0.2, 0.25) is 5.91 Å². The Labute approximate surface area is 134 Å². The molecule has 2 N–H and O–H groups in total. The van der Waals surface area contributed by atoms with E-state index in [0.29, 0.717) is 18.2 Å². The summed E-state index contributed by atoms with van der Waals surface area (Å²) < 4.78 is 5.55. The van der Waals surface area contributed by atoms with E-state index in [1.807, 2.05) is 48.5 Å². The van der Waals surface area contributed by atoms with Gasteiger partial charge in [0.1, 0.15) is 0 Å². The molecular formula is C17H16N2O2S. The number of para-hydroxylation sites is 1. The van der Waals surface area contributed by atoms with Crippen molar-refractivity contribution >= 4 is 34.7 Å². The molecule has 3 rings (SSSR count). The minimum absolute atomic E-state index is 0.0460. The molecule has 4 nitrogen and oxygen atoms in total. The smallest absolute Gasteiger partial charge is 0.261 e. The SMILES string of the molecule is O=C1Cc2c(CCOC(=S)Nc3ccccc3)cccc2N1. The third-order valence-corrected chi connectivity index (χ3v) is 3.73. The molecule has 0 spiro atoms. The van der Waals surface area contributed by atoms with E-state index in [-0.39, 0.29) is 5.91 Å². The Morgan fingerprint density at radius 3 is 2.82 bits per heavy atom. The molecule has 0 aromatic heterocycles. The van der Waals surface area contributed by atoms with Crippen LogP contribution in [-0.4, -0.2) is 17.7 Å². The van der Waals surface area contributed by atoms with Crippen LogP contribution in [0, 0.1) is 0 Å². The quantitative estimate of drug-likeness (QED) is 0.852. The van der Waals surface area contributed by atoms with Crippen LogP contribution >= 0.6 is 12.2 Å². The van der Waals surface area contributed by atoms with Gasteiger partial charge in [-0.15, -0.1) is 0 Å². The Morgan fingerprint density at radius 2 is 2.00 bits per heavy atom. The average molecular weight is 312 g/mol. The molecule has 0 saturated carbocycles. The normalized spacial score (nSPS) is 12.5. The number of rotatable bonds is 4. The monoisotopic (exact) mass is 312 g/mol. The van der Waals surface area contributed by atoms with E-state index in [2.05, 4.69) is 10.6 Å². The van der Waals surface area contributed by atoms with Gasteiger partial charge in [-0.25, -0.2) is 0 Å². The molecule has 112 valence electrons. The zero-order valence-electron chi connectivity index (χ0n) is 12.0. The average Bonchev–Trinajstić information content (AvgIpc) is 2.89. The lowest BCUT2D eigenvalue weighted by molar-refractivity contribution is -0.115. The highest BCUT2D eigenvalue weighted by atomic mass is 32.1. The summed E-state index contributed by atoms with van der Waals surface area (Å²) >= 11 is 5.17. The van der Waals surface area contributed by atoms with Gasteiger partial charge in [0.05, 0.1) is 13.0 Å². The van der Waals surface area contributed by atoms with E-state index in [1.165, 1.54) is 0 Å². The van der Waals surface area contributed by atoms with Crippen LogP contribution in [0.4, 0.5) is 11.4 Å². The van der Waals surface area contributed by atoms with E-state index in [4.69, 9.17) is 17.0 Å². The second kappa shape index (κ2) is 6.58. The van der Waals surface area contributed by atoms with E-state index >= 15 is 0 Å². The van der Waals surface area contributed by atoms with E-state index in [1.54, 1.807) is 0 Å². The first kappa shape index (κ1) is 14.5. The Morgan fingerprint density at radius 1 is 1.18 bits per heavy atom. The summed E-state index contributed by atoms with van der Waals surface area (Å²) in [4.78, 5) is 11.5. The zero-order valence-corrected chi connectivity index (χ0v) is 12.8. The molecule has 0 bridgehead atoms. The molecule has 0 unspecified atom stereocenters. The third kappa shape index (κ3) is 3.43. The second-order valence-electron chi connectivity index (χ2n) is 5.05. The molecule has 1 heterocycles. The van der Waals surface area contributed by atoms with Gasteiger partial charge in [0.25, 0.3) is 5.17 Å². The Kier molecular flexibility index (Phi) is 4.34. The molecule has 5 heteroatoms. The first-order valence-electron chi connectivity index (χ1n) is 7.12. The number of benzene rings is 2. The summed E-state index contributed by atoms with van der Waals surface area (Å²) in [5.74, 6) is 0.0460. The number of thiocarbonyl (C=S) groups is 1. The molecule has 22 heavy (non-hydrogen) atoms. The van der Waals surface area contributed by atoms with Crippen LogP contribution in [0.15, 0.2) is 48.5 Å². The molecule has 0 aliphatic carbocycles.